The first-order valence-corrected chi connectivity index (χ1v) is 9.36. The zero-order valence-electron chi connectivity index (χ0n) is 16.4. The molecule has 4 aromatic rings. The molecule has 160 valence electrons. The van der Waals surface area contributed by atoms with Crippen LogP contribution in [0.15, 0.2) is 67.3 Å². The van der Waals surface area contributed by atoms with E-state index in [-0.39, 0.29) is 11.3 Å². The van der Waals surface area contributed by atoms with Gasteiger partial charge in [0.25, 0.3) is 0 Å². The average molecular weight is 436 g/mol. The number of nitriles is 1. The number of anilines is 3. The molecular weight excluding hydrogens is 421 g/mol. The van der Waals surface area contributed by atoms with E-state index in [1.165, 1.54) is 30.5 Å². The zero-order chi connectivity index (χ0) is 22.6. The Hall–Kier alpha value is -4.39. The number of pyridine rings is 3. The molecule has 3 aromatic heterocycles. The fraction of sp³-hybridized carbons (Fsp3) is 0.0909. The van der Waals surface area contributed by atoms with Gasteiger partial charge < -0.3 is 15.4 Å². The molecule has 0 spiro atoms. The molecule has 0 atom stereocenters. The van der Waals surface area contributed by atoms with Crippen molar-refractivity contribution < 1.29 is 17.9 Å². The van der Waals surface area contributed by atoms with Gasteiger partial charge in [0.15, 0.2) is 0 Å². The summed E-state index contributed by atoms with van der Waals surface area (Å²) < 4.78 is 41.0. The van der Waals surface area contributed by atoms with Crippen LogP contribution in [0, 0.1) is 11.3 Å². The SMILES string of the molecule is N#Cc1cnc2cnc(NCc3cccnc3)cc2c1Nc1ccc(OC(F)(F)F)cc1. The highest BCUT2D eigenvalue weighted by Gasteiger charge is 2.30. The van der Waals surface area contributed by atoms with E-state index in [9.17, 15) is 18.4 Å². The average Bonchev–Trinajstić information content (AvgIpc) is 2.79. The molecule has 0 aliphatic carbocycles. The number of ether oxygens (including phenoxy) is 1. The van der Waals surface area contributed by atoms with Crippen molar-refractivity contribution in [3.8, 4) is 11.8 Å². The molecule has 0 bridgehead atoms. The van der Waals surface area contributed by atoms with E-state index in [0.29, 0.717) is 34.6 Å². The van der Waals surface area contributed by atoms with Crippen LogP contribution in [-0.2, 0) is 6.54 Å². The predicted octanol–water partition coefficient (Wildman–Crippen LogP) is 5.15. The first kappa shape index (κ1) is 20.9. The quantitative estimate of drug-likeness (QED) is 0.431. The second kappa shape index (κ2) is 8.77. The van der Waals surface area contributed by atoms with Gasteiger partial charge in [-0.2, -0.15) is 5.26 Å². The Morgan fingerprint density at radius 2 is 1.84 bits per heavy atom. The Morgan fingerprint density at radius 3 is 2.53 bits per heavy atom. The van der Waals surface area contributed by atoms with Gasteiger partial charge in [-0.25, -0.2) is 4.98 Å². The van der Waals surface area contributed by atoms with Gasteiger partial charge >= 0.3 is 6.36 Å². The number of aromatic nitrogens is 3. The summed E-state index contributed by atoms with van der Waals surface area (Å²) in [6, 6.07) is 12.8. The lowest BCUT2D eigenvalue weighted by atomic mass is 10.1. The summed E-state index contributed by atoms with van der Waals surface area (Å²) >= 11 is 0. The Kier molecular flexibility index (Phi) is 5.72. The topological polar surface area (TPSA) is 95.8 Å². The van der Waals surface area contributed by atoms with E-state index in [0.717, 1.165) is 5.56 Å². The van der Waals surface area contributed by atoms with Crippen LogP contribution in [0.2, 0.25) is 0 Å². The first-order valence-electron chi connectivity index (χ1n) is 9.36. The molecule has 3 heterocycles. The van der Waals surface area contributed by atoms with Gasteiger partial charge in [-0.15, -0.1) is 13.2 Å². The van der Waals surface area contributed by atoms with Gasteiger partial charge in [0.1, 0.15) is 17.6 Å². The van der Waals surface area contributed by atoms with Crippen molar-refractivity contribution in [2.45, 2.75) is 12.9 Å². The highest BCUT2D eigenvalue weighted by molar-refractivity contribution is 5.96. The maximum atomic E-state index is 12.4. The van der Waals surface area contributed by atoms with Crippen molar-refractivity contribution in [1.82, 2.24) is 15.0 Å². The van der Waals surface area contributed by atoms with E-state index < -0.39 is 6.36 Å². The van der Waals surface area contributed by atoms with Gasteiger partial charge in [-0.1, -0.05) is 6.07 Å². The van der Waals surface area contributed by atoms with E-state index in [4.69, 9.17) is 0 Å². The molecule has 0 fully saturated rings. The van der Waals surface area contributed by atoms with Gasteiger partial charge in [-0.3, -0.25) is 9.97 Å². The fourth-order valence-corrected chi connectivity index (χ4v) is 2.99. The Balaban J connectivity index is 1.62. The highest BCUT2D eigenvalue weighted by Crippen LogP contribution is 2.31. The largest absolute Gasteiger partial charge is 0.573 e. The minimum Gasteiger partial charge on any atom is -0.406 e. The standard InChI is InChI=1S/C22H15F3N6O/c23-22(24,25)32-17-5-3-16(4-6-17)31-21-15(9-26)12-28-19-13-30-20(8-18(19)21)29-11-14-2-1-7-27-10-14/h1-8,10,12-13H,11H2,(H,28,31)(H,29,30). The number of fused-ring (bicyclic) bond motifs is 1. The highest BCUT2D eigenvalue weighted by atomic mass is 19.4. The molecule has 7 nitrogen and oxygen atoms in total. The number of alkyl halides is 3. The number of hydrogen-bond donors (Lipinski definition) is 2. The molecule has 4 rings (SSSR count). The van der Waals surface area contributed by atoms with Crippen molar-refractivity contribution in [2.75, 3.05) is 10.6 Å². The second-order valence-corrected chi connectivity index (χ2v) is 6.66. The maximum absolute atomic E-state index is 12.4. The molecule has 2 N–H and O–H groups in total. The third kappa shape index (κ3) is 5.02. The van der Waals surface area contributed by atoms with E-state index in [1.54, 1.807) is 24.7 Å². The molecule has 0 aliphatic rings. The third-order valence-corrected chi connectivity index (χ3v) is 4.43. The van der Waals surface area contributed by atoms with Crippen LogP contribution >= 0.6 is 0 Å². The van der Waals surface area contributed by atoms with E-state index in [1.807, 2.05) is 12.1 Å². The van der Waals surface area contributed by atoms with Crippen molar-refractivity contribution in [3.63, 3.8) is 0 Å². The van der Waals surface area contributed by atoms with Crippen molar-refractivity contribution in [1.29, 1.82) is 5.26 Å². The molecule has 0 saturated heterocycles. The smallest absolute Gasteiger partial charge is 0.406 e. The lowest BCUT2D eigenvalue weighted by Crippen LogP contribution is -2.16. The van der Waals surface area contributed by atoms with Crippen LogP contribution < -0.4 is 15.4 Å². The van der Waals surface area contributed by atoms with Gasteiger partial charge in [-0.05, 0) is 42.0 Å². The summed E-state index contributed by atoms with van der Waals surface area (Å²) in [5.74, 6) is 0.226. The van der Waals surface area contributed by atoms with Crippen LogP contribution in [0.4, 0.5) is 30.4 Å². The summed E-state index contributed by atoms with van der Waals surface area (Å²) in [6.07, 6.45) is 1.65. The lowest BCUT2D eigenvalue weighted by Gasteiger charge is -2.14. The van der Waals surface area contributed by atoms with Crippen LogP contribution in [0.1, 0.15) is 11.1 Å². The van der Waals surface area contributed by atoms with Crippen LogP contribution in [0.5, 0.6) is 5.75 Å². The second-order valence-electron chi connectivity index (χ2n) is 6.66. The summed E-state index contributed by atoms with van der Waals surface area (Å²) in [7, 11) is 0. The molecule has 0 saturated carbocycles. The van der Waals surface area contributed by atoms with Gasteiger partial charge in [0, 0.05) is 36.2 Å². The maximum Gasteiger partial charge on any atom is 0.573 e. The van der Waals surface area contributed by atoms with Crippen LogP contribution in [0.25, 0.3) is 10.9 Å². The van der Waals surface area contributed by atoms with Crippen LogP contribution in [-0.4, -0.2) is 21.3 Å². The normalized spacial score (nSPS) is 11.1. The molecule has 0 amide bonds. The number of nitrogens with zero attached hydrogens (tertiary/aromatic N) is 4. The number of halogens is 3. The summed E-state index contributed by atoms with van der Waals surface area (Å²) in [4.78, 5) is 12.7. The summed E-state index contributed by atoms with van der Waals surface area (Å²) in [5.41, 5.74) is 2.74. The summed E-state index contributed by atoms with van der Waals surface area (Å²) in [6.45, 7) is 0.501. The Labute approximate surface area is 180 Å². The molecule has 32 heavy (non-hydrogen) atoms. The molecular formula is C22H15F3N6O. The molecule has 0 unspecified atom stereocenters. The predicted molar refractivity (Wildman–Crippen MR) is 112 cm³/mol. The van der Waals surface area contributed by atoms with Crippen molar-refractivity contribution >= 4 is 28.1 Å². The molecule has 1 aromatic carbocycles. The monoisotopic (exact) mass is 436 g/mol. The Bertz CT molecular complexity index is 1270. The molecule has 10 heteroatoms. The molecule has 0 aliphatic heterocycles. The minimum atomic E-state index is -4.77. The minimum absolute atomic E-state index is 0.275. The number of benzene rings is 1. The molecule has 0 radical (unpaired) electrons. The van der Waals surface area contributed by atoms with Crippen molar-refractivity contribution in [3.05, 3.63) is 78.4 Å². The summed E-state index contributed by atoms with van der Waals surface area (Å²) in [5, 5.41) is 16.5. The number of nitrogens with one attached hydrogen (secondary N) is 2. The fourth-order valence-electron chi connectivity index (χ4n) is 2.99. The van der Waals surface area contributed by atoms with Gasteiger partial charge in [0.2, 0.25) is 0 Å². The first-order chi connectivity index (χ1) is 15.4. The Morgan fingerprint density at radius 1 is 1.03 bits per heavy atom. The van der Waals surface area contributed by atoms with E-state index >= 15 is 0 Å². The van der Waals surface area contributed by atoms with Crippen molar-refractivity contribution in [2.24, 2.45) is 0 Å². The third-order valence-electron chi connectivity index (χ3n) is 4.43. The van der Waals surface area contributed by atoms with Gasteiger partial charge in [0.05, 0.1) is 23.0 Å². The number of rotatable bonds is 6. The zero-order valence-corrected chi connectivity index (χ0v) is 16.4. The van der Waals surface area contributed by atoms with Crippen LogP contribution in [0.3, 0.4) is 0 Å². The lowest BCUT2D eigenvalue weighted by molar-refractivity contribution is -0.274. The number of hydrogen-bond acceptors (Lipinski definition) is 7. The van der Waals surface area contributed by atoms with E-state index in [2.05, 4.69) is 36.4 Å².